The maximum Gasteiger partial charge on any atom is 0.411 e. The molecular formula is C13H15F3O2. The van der Waals surface area contributed by atoms with Gasteiger partial charge in [-0.3, -0.25) is 4.79 Å². The molecule has 1 aromatic carbocycles. The van der Waals surface area contributed by atoms with Crippen molar-refractivity contribution in [3.63, 3.8) is 0 Å². The average molecular weight is 260 g/mol. The summed E-state index contributed by atoms with van der Waals surface area (Å²) in [5.41, 5.74) is 2.84. The molecule has 2 nitrogen and oxygen atoms in total. The Balaban J connectivity index is 2.45. The molecule has 0 N–H and O–H groups in total. The maximum atomic E-state index is 11.8. The van der Waals surface area contributed by atoms with Crippen LogP contribution in [0.5, 0.6) is 0 Å². The van der Waals surface area contributed by atoms with Crippen LogP contribution in [-0.4, -0.2) is 25.2 Å². The fraction of sp³-hybridized carbons (Fsp3) is 0.462. The summed E-state index contributed by atoms with van der Waals surface area (Å²) in [7, 11) is 0. The molecule has 1 rings (SSSR count). The van der Waals surface area contributed by atoms with Crippen molar-refractivity contribution >= 4 is 5.78 Å². The topological polar surface area (TPSA) is 26.3 Å². The fourth-order valence-electron chi connectivity index (χ4n) is 1.73. The standard InChI is InChI=1S/C13H15F3O2/c1-9-3-10(2)5-11(4-9)6-12(17)7-18-8-13(14,15)16/h3-5H,6-8H2,1-2H3. The highest BCUT2D eigenvalue weighted by Crippen LogP contribution is 2.14. The first-order valence-corrected chi connectivity index (χ1v) is 5.49. The Labute approximate surface area is 104 Å². The number of alkyl halides is 3. The van der Waals surface area contributed by atoms with Crippen LogP contribution in [0.2, 0.25) is 0 Å². The number of ether oxygens (including phenoxy) is 1. The SMILES string of the molecule is Cc1cc(C)cc(CC(=O)COCC(F)(F)F)c1. The molecule has 0 radical (unpaired) electrons. The molecule has 0 atom stereocenters. The van der Waals surface area contributed by atoms with Gasteiger partial charge in [0.2, 0.25) is 0 Å². The molecule has 0 aromatic heterocycles. The minimum absolute atomic E-state index is 0.0976. The van der Waals surface area contributed by atoms with E-state index in [4.69, 9.17) is 0 Å². The van der Waals surface area contributed by atoms with Crippen molar-refractivity contribution < 1.29 is 22.7 Å². The average Bonchev–Trinajstić information content (AvgIpc) is 2.12. The van der Waals surface area contributed by atoms with Crippen LogP contribution in [0.3, 0.4) is 0 Å². The smallest absolute Gasteiger partial charge is 0.364 e. The Bertz CT molecular complexity index is 404. The molecule has 0 aliphatic carbocycles. The number of carbonyl (C=O) groups excluding carboxylic acids is 1. The zero-order valence-corrected chi connectivity index (χ0v) is 10.3. The highest BCUT2D eigenvalue weighted by Gasteiger charge is 2.27. The minimum Gasteiger partial charge on any atom is -0.364 e. The van der Waals surface area contributed by atoms with Crippen LogP contribution in [0.1, 0.15) is 16.7 Å². The zero-order chi connectivity index (χ0) is 13.8. The van der Waals surface area contributed by atoms with Crippen LogP contribution < -0.4 is 0 Å². The van der Waals surface area contributed by atoms with Gasteiger partial charge in [0.15, 0.2) is 5.78 Å². The van der Waals surface area contributed by atoms with Crippen molar-refractivity contribution in [3.05, 3.63) is 34.9 Å². The number of rotatable bonds is 5. The van der Waals surface area contributed by atoms with Gasteiger partial charge in [-0.05, 0) is 19.4 Å². The van der Waals surface area contributed by atoms with Gasteiger partial charge in [-0.25, -0.2) is 0 Å². The largest absolute Gasteiger partial charge is 0.411 e. The summed E-state index contributed by atoms with van der Waals surface area (Å²) < 4.78 is 39.7. The molecule has 0 aliphatic heterocycles. The van der Waals surface area contributed by atoms with Crippen molar-refractivity contribution in [1.29, 1.82) is 0 Å². The second-order valence-corrected chi connectivity index (χ2v) is 4.32. The lowest BCUT2D eigenvalue weighted by Crippen LogP contribution is -2.21. The number of Topliss-reactive ketones (excluding diaryl/α,β-unsaturated/α-hetero) is 1. The van der Waals surface area contributed by atoms with Gasteiger partial charge in [-0.2, -0.15) is 13.2 Å². The predicted molar refractivity (Wildman–Crippen MR) is 61.5 cm³/mol. The summed E-state index contributed by atoms with van der Waals surface area (Å²) in [6.07, 6.45) is -4.29. The van der Waals surface area contributed by atoms with Crippen LogP contribution in [0.4, 0.5) is 13.2 Å². The highest BCUT2D eigenvalue weighted by molar-refractivity contribution is 5.82. The van der Waals surface area contributed by atoms with E-state index in [0.29, 0.717) is 0 Å². The third-order valence-electron chi connectivity index (χ3n) is 2.21. The van der Waals surface area contributed by atoms with E-state index in [1.807, 2.05) is 32.0 Å². The molecular weight excluding hydrogens is 245 g/mol. The van der Waals surface area contributed by atoms with Gasteiger partial charge in [0.25, 0.3) is 0 Å². The molecule has 0 bridgehead atoms. The van der Waals surface area contributed by atoms with Crippen LogP contribution in [0.25, 0.3) is 0 Å². The Morgan fingerprint density at radius 1 is 1.17 bits per heavy atom. The number of benzene rings is 1. The molecule has 18 heavy (non-hydrogen) atoms. The Morgan fingerprint density at radius 2 is 1.72 bits per heavy atom. The molecule has 0 saturated carbocycles. The van der Waals surface area contributed by atoms with Crippen molar-refractivity contribution in [2.45, 2.75) is 26.4 Å². The summed E-state index contributed by atoms with van der Waals surface area (Å²) in [5, 5.41) is 0. The van der Waals surface area contributed by atoms with Crippen LogP contribution in [0, 0.1) is 13.8 Å². The molecule has 5 heteroatoms. The van der Waals surface area contributed by atoms with E-state index in [2.05, 4.69) is 4.74 Å². The van der Waals surface area contributed by atoms with Gasteiger partial charge >= 0.3 is 6.18 Å². The van der Waals surface area contributed by atoms with E-state index in [0.717, 1.165) is 16.7 Å². The molecule has 100 valence electrons. The molecule has 0 aliphatic rings. The van der Waals surface area contributed by atoms with Gasteiger partial charge in [-0.1, -0.05) is 29.3 Å². The van der Waals surface area contributed by atoms with Crippen molar-refractivity contribution in [2.75, 3.05) is 13.2 Å². The monoisotopic (exact) mass is 260 g/mol. The van der Waals surface area contributed by atoms with Crippen LogP contribution in [-0.2, 0) is 16.0 Å². The van der Waals surface area contributed by atoms with Crippen molar-refractivity contribution in [3.8, 4) is 0 Å². The van der Waals surface area contributed by atoms with E-state index < -0.39 is 19.4 Å². The quantitative estimate of drug-likeness (QED) is 0.813. The number of ketones is 1. The van der Waals surface area contributed by atoms with E-state index in [-0.39, 0.29) is 12.2 Å². The summed E-state index contributed by atoms with van der Waals surface area (Å²) in [6, 6.07) is 5.65. The lowest BCUT2D eigenvalue weighted by Gasteiger charge is -2.07. The maximum absolute atomic E-state index is 11.8. The fourth-order valence-corrected chi connectivity index (χ4v) is 1.73. The van der Waals surface area contributed by atoms with E-state index in [9.17, 15) is 18.0 Å². The predicted octanol–water partition coefficient (Wildman–Crippen LogP) is 2.99. The third-order valence-corrected chi connectivity index (χ3v) is 2.21. The minimum atomic E-state index is -4.39. The zero-order valence-electron chi connectivity index (χ0n) is 10.3. The Kier molecular flexibility index (Phi) is 4.90. The number of halogens is 3. The summed E-state index contributed by atoms with van der Waals surface area (Å²) in [4.78, 5) is 11.4. The third kappa shape index (κ3) is 5.82. The van der Waals surface area contributed by atoms with Crippen LogP contribution >= 0.6 is 0 Å². The lowest BCUT2D eigenvalue weighted by atomic mass is 10.0. The summed E-state index contributed by atoms with van der Waals surface area (Å²) >= 11 is 0. The number of aryl methyl sites for hydroxylation is 2. The van der Waals surface area contributed by atoms with Gasteiger partial charge in [-0.15, -0.1) is 0 Å². The second-order valence-electron chi connectivity index (χ2n) is 4.32. The van der Waals surface area contributed by atoms with Crippen LogP contribution in [0.15, 0.2) is 18.2 Å². The van der Waals surface area contributed by atoms with E-state index >= 15 is 0 Å². The molecule has 0 unspecified atom stereocenters. The first-order chi connectivity index (χ1) is 8.26. The normalized spacial score (nSPS) is 11.6. The van der Waals surface area contributed by atoms with Gasteiger partial charge in [0.05, 0.1) is 0 Å². The van der Waals surface area contributed by atoms with Gasteiger partial charge in [0, 0.05) is 6.42 Å². The lowest BCUT2D eigenvalue weighted by molar-refractivity contribution is -0.175. The Morgan fingerprint density at radius 3 is 2.22 bits per heavy atom. The number of hydrogen-bond acceptors (Lipinski definition) is 2. The molecule has 0 heterocycles. The van der Waals surface area contributed by atoms with E-state index in [1.54, 1.807) is 0 Å². The molecule has 0 amide bonds. The molecule has 0 saturated heterocycles. The first kappa shape index (κ1) is 14.7. The summed E-state index contributed by atoms with van der Waals surface area (Å²) in [5.74, 6) is -0.357. The van der Waals surface area contributed by atoms with Gasteiger partial charge in [0.1, 0.15) is 13.2 Å². The molecule has 0 fully saturated rings. The number of hydrogen-bond donors (Lipinski definition) is 0. The molecule has 0 spiro atoms. The number of carbonyl (C=O) groups is 1. The van der Waals surface area contributed by atoms with Gasteiger partial charge < -0.3 is 4.74 Å². The van der Waals surface area contributed by atoms with Crippen molar-refractivity contribution in [1.82, 2.24) is 0 Å². The Hall–Kier alpha value is -1.36. The summed E-state index contributed by atoms with van der Waals surface area (Å²) in [6.45, 7) is 1.92. The van der Waals surface area contributed by atoms with E-state index in [1.165, 1.54) is 0 Å². The highest BCUT2D eigenvalue weighted by atomic mass is 19.4. The molecule has 1 aromatic rings. The van der Waals surface area contributed by atoms with Crippen molar-refractivity contribution in [2.24, 2.45) is 0 Å². The first-order valence-electron chi connectivity index (χ1n) is 5.49. The second kappa shape index (κ2) is 6.00.